The Morgan fingerprint density at radius 3 is 2.76 bits per heavy atom. The lowest BCUT2D eigenvalue weighted by Crippen LogP contribution is -2.52. The van der Waals surface area contributed by atoms with E-state index in [0.717, 1.165) is 25.9 Å². The van der Waals surface area contributed by atoms with Crippen LogP contribution >= 0.6 is 0 Å². The number of carbonyl (C=O) groups is 1. The molecule has 0 aromatic carbocycles. The molecule has 25 heavy (non-hydrogen) atoms. The minimum atomic E-state index is -3.13. The molecule has 0 aromatic heterocycles. The van der Waals surface area contributed by atoms with Crippen LogP contribution < -0.4 is 5.32 Å². The fraction of sp³-hybridized carbons (Fsp3) is 0.833. The highest BCUT2D eigenvalue weighted by Gasteiger charge is 2.56. The highest BCUT2D eigenvalue weighted by Crippen LogP contribution is 2.47. The number of hydrogen-bond donors (Lipinski definition) is 1. The third-order valence-electron chi connectivity index (χ3n) is 6.56. The van der Waals surface area contributed by atoms with Crippen LogP contribution in [0.5, 0.6) is 0 Å². The lowest BCUT2D eigenvalue weighted by molar-refractivity contribution is -0.139. The molecule has 0 spiro atoms. The number of ether oxygens (including phenoxy) is 1. The Kier molecular flexibility index (Phi) is 4.56. The van der Waals surface area contributed by atoms with Gasteiger partial charge in [0.15, 0.2) is 9.84 Å². The number of hydrogen-bond acceptors (Lipinski definition) is 6. The second-order valence-electron chi connectivity index (χ2n) is 7.88. The van der Waals surface area contributed by atoms with Gasteiger partial charge in [0.05, 0.1) is 23.2 Å². The average Bonchev–Trinajstić information content (AvgIpc) is 3.20. The lowest BCUT2D eigenvalue weighted by Gasteiger charge is -2.43. The number of nitrogens with one attached hydrogen (secondary N) is 1. The fourth-order valence-electron chi connectivity index (χ4n) is 5.51. The highest BCUT2D eigenvalue weighted by molar-refractivity contribution is 7.92. The Balaban J connectivity index is 1.58. The maximum absolute atomic E-state index is 13.0. The second kappa shape index (κ2) is 6.58. The van der Waals surface area contributed by atoms with Gasteiger partial charge >= 0.3 is 5.97 Å². The molecular formula is C18H28N2O4S. The van der Waals surface area contributed by atoms with Gasteiger partial charge < -0.3 is 10.1 Å². The van der Waals surface area contributed by atoms with E-state index in [9.17, 15) is 13.2 Å². The number of sulfone groups is 1. The maximum Gasteiger partial charge on any atom is 0.335 e. The Labute approximate surface area is 149 Å². The van der Waals surface area contributed by atoms with E-state index in [0.29, 0.717) is 24.4 Å². The first-order valence-corrected chi connectivity index (χ1v) is 11.3. The van der Waals surface area contributed by atoms with Crippen LogP contribution in [0.4, 0.5) is 0 Å². The molecule has 0 aromatic rings. The summed E-state index contributed by atoms with van der Waals surface area (Å²) in [6.45, 7) is 4.19. The average molecular weight is 368 g/mol. The van der Waals surface area contributed by atoms with Crippen LogP contribution in [0.3, 0.4) is 0 Å². The quantitative estimate of drug-likeness (QED) is 0.752. The van der Waals surface area contributed by atoms with Gasteiger partial charge in [0.2, 0.25) is 0 Å². The summed E-state index contributed by atoms with van der Waals surface area (Å²) in [5.74, 6) is 0.180. The van der Waals surface area contributed by atoms with E-state index in [4.69, 9.17) is 4.74 Å². The van der Waals surface area contributed by atoms with Gasteiger partial charge in [0.25, 0.3) is 0 Å². The smallest absolute Gasteiger partial charge is 0.335 e. The summed E-state index contributed by atoms with van der Waals surface area (Å²) in [4.78, 5) is 14.5. The molecule has 3 heterocycles. The summed E-state index contributed by atoms with van der Waals surface area (Å²) >= 11 is 0. The number of nitrogens with zero attached hydrogens (tertiary/aromatic N) is 1. The van der Waals surface area contributed by atoms with Gasteiger partial charge in [-0.15, -0.1) is 0 Å². The van der Waals surface area contributed by atoms with Crippen LogP contribution in [-0.4, -0.2) is 62.1 Å². The van der Waals surface area contributed by atoms with Crippen molar-refractivity contribution in [2.75, 3.05) is 25.4 Å². The van der Waals surface area contributed by atoms with Crippen LogP contribution in [-0.2, 0) is 19.4 Å². The Morgan fingerprint density at radius 2 is 2.04 bits per heavy atom. The van der Waals surface area contributed by atoms with Gasteiger partial charge in [-0.2, -0.15) is 0 Å². The van der Waals surface area contributed by atoms with E-state index >= 15 is 0 Å². The lowest BCUT2D eigenvalue weighted by atomic mass is 9.71. The van der Waals surface area contributed by atoms with Crippen molar-refractivity contribution in [1.29, 1.82) is 0 Å². The zero-order chi connectivity index (χ0) is 17.6. The fourth-order valence-corrected chi connectivity index (χ4v) is 8.34. The molecule has 6 nitrogen and oxygen atoms in total. The first-order valence-electron chi connectivity index (χ1n) is 9.59. The van der Waals surface area contributed by atoms with Gasteiger partial charge in [-0.05, 0) is 58.0 Å². The normalized spacial score (nSPS) is 39.9. The van der Waals surface area contributed by atoms with Crippen molar-refractivity contribution in [2.24, 2.45) is 11.8 Å². The molecule has 0 radical (unpaired) electrons. The first-order chi connectivity index (χ1) is 12.0. The SMILES string of the molecule is CCOC(=O)C1=CNC2CCC3C(N4CCCC4)CS(=O)(=O)C3C2C1. The predicted octanol–water partition coefficient (Wildman–Crippen LogP) is 1.08. The van der Waals surface area contributed by atoms with Crippen molar-refractivity contribution < 1.29 is 17.9 Å². The number of carbonyl (C=O) groups excluding carboxylic acids is 1. The van der Waals surface area contributed by atoms with Crippen molar-refractivity contribution in [3.63, 3.8) is 0 Å². The van der Waals surface area contributed by atoms with Gasteiger partial charge in [0, 0.05) is 24.2 Å². The van der Waals surface area contributed by atoms with E-state index in [1.165, 1.54) is 12.8 Å². The molecule has 3 aliphatic heterocycles. The minimum absolute atomic E-state index is 0.0132. The summed E-state index contributed by atoms with van der Waals surface area (Å²) in [6, 6.07) is 0.335. The molecule has 7 heteroatoms. The Morgan fingerprint density at radius 1 is 1.28 bits per heavy atom. The standard InChI is InChI=1S/C18H28N2O4S/c1-2-24-18(21)12-9-14-15(19-10-12)6-5-13-16(20-7-3-4-8-20)11-25(22,23)17(13)14/h10,13-17,19H,2-9,11H2,1H3. The Bertz CT molecular complexity index is 669. The summed E-state index contributed by atoms with van der Waals surface area (Å²) in [5, 5.41) is 2.99. The Hall–Kier alpha value is -1.08. The summed E-state index contributed by atoms with van der Waals surface area (Å²) in [5.41, 5.74) is 0.587. The molecule has 4 rings (SSSR count). The number of rotatable bonds is 3. The van der Waals surface area contributed by atoms with E-state index in [1.807, 2.05) is 0 Å². The third-order valence-corrected chi connectivity index (χ3v) is 8.89. The summed E-state index contributed by atoms with van der Waals surface area (Å²) in [6.07, 6.45) is 6.57. The number of esters is 1. The van der Waals surface area contributed by atoms with E-state index in [2.05, 4.69) is 10.2 Å². The van der Waals surface area contributed by atoms with Gasteiger partial charge in [0.1, 0.15) is 0 Å². The van der Waals surface area contributed by atoms with Crippen molar-refractivity contribution in [3.05, 3.63) is 11.8 Å². The molecular weight excluding hydrogens is 340 g/mol. The van der Waals surface area contributed by atoms with Crippen LogP contribution in [0.1, 0.15) is 39.0 Å². The van der Waals surface area contributed by atoms with Crippen molar-refractivity contribution in [1.82, 2.24) is 10.2 Å². The molecule has 0 amide bonds. The van der Waals surface area contributed by atoms with Crippen molar-refractivity contribution >= 4 is 15.8 Å². The number of fused-ring (bicyclic) bond motifs is 3. The highest BCUT2D eigenvalue weighted by atomic mass is 32.2. The first kappa shape index (κ1) is 17.3. The second-order valence-corrected chi connectivity index (χ2v) is 10.1. The summed E-state index contributed by atoms with van der Waals surface area (Å²) < 4.78 is 31.2. The van der Waals surface area contributed by atoms with Crippen molar-refractivity contribution in [3.8, 4) is 0 Å². The monoisotopic (exact) mass is 368 g/mol. The molecule has 5 unspecified atom stereocenters. The van der Waals surface area contributed by atoms with E-state index < -0.39 is 9.84 Å². The van der Waals surface area contributed by atoms with Crippen LogP contribution in [0, 0.1) is 11.8 Å². The molecule has 1 saturated carbocycles. The topological polar surface area (TPSA) is 75.7 Å². The minimum Gasteiger partial charge on any atom is -0.463 e. The van der Waals surface area contributed by atoms with Gasteiger partial charge in [-0.1, -0.05) is 0 Å². The predicted molar refractivity (Wildman–Crippen MR) is 94.6 cm³/mol. The van der Waals surface area contributed by atoms with Crippen LogP contribution in [0.15, 0.2) is 11.8 Å². The molecule has 3 fully saturated rings. The molecule has 0 bridgehead atoms. The van der Waals surface area contributed by atoms with Gasteiger partial charge in [-0.3, -0.25) is 4.90 Å². The maximum atomic E-state index is 13.0. The molecule has 4 aliphatic rings. The van der Waals surface area contributed by atoms with E-state index in [1.54, 1.807) is 13.1 Å². The van der Waals surface area contributed by atoms with Crippen LogP contribution in [0.25, 0.3) is 0 Å². The molecule has 2 saturated heterocycles. The van der Waals surface area contributed by atoms with E-state index in [-0.39, 0.29) is 35.1 Å². The van der Waals surface area contributed by atoms with Crippen LogP contribution in [0.2, 0.25) is 0 Å². The van der Waals surface area contributed by atoms with Gasteiger partial charge in [-0.25, -0.2) is 13.2 Å². The number of likely N-dealkylation sites (tertiary alicyclic amines) is 1. The summed E-state index contributed by atoms with van der Waals surface area (Å²) in [7, 11) is -3.13. The zero-order valence-electron chi connectivity index (χ0n) is 14.8. The largest absolute Gasteiger partial charge is 0.463 e. The molecule has 140 valence electrons. The molecule has 1 aliphatic carbocycles. The third kappa shape index (κ3) is 2.99. The molecule has 1 N–H and O–H groups in total. The molecule has 5 atom stereocenters. The van der Waals surface area contributed by atoms with Crippen molar-refractivity contribution in [2.45, 2.75) is 56.4 Å². The zero-order valence-corrected chi connectivity index (χ0v) is 15.6.